The van der Waals surface area contributed by atoms with E-state index < -0.39 is 0 Å². The van der Waals surface area contributed by atoms with Crippen LogP contribution in [0.2, 0.25) is 5.02 Å². The van der Waals surface area contributed by atoms with E-state index in [0.29, 0.717) is 0 Å². The van der Waals surface area contributed by atoms with E-state index in [0.717, 1.165) is 34.6 Å². The number of rotatable bonds is 4. The topological polar surface area (TPSA) is 20.2 Å². The second-order valence-corrected chi connectivity index (χ2v) is 5.32. The number of aliphatic hydroxyl groups is 1. The molecule has 0 spiro atoms. The summed E-state index contributed by atoms with van der Waals surface area (Å²) in [5.74, 6) is 0. The van der Waals surface area contributed by atoms with Crippen LogP contribution in [0.3, 0.4) is 0 Å². The van der Waals surface area contributed by atoms with Crippen LogP contribution in [0, 0.1) is 6.92 Å². The van der Waals surface area contributed by atoms with Crippen molar-refractivity contribution in [3.8, 4) is 11.1 Å². The van der Waals surface area contributed by atoms with Crippen molar-refractivity contribution in [2.45, 2.75) is 32.8 Å². The van der Waals surface area contributed by atoms with Gasteiger partial charge in [0.15, 0.2) is 0 Å². The molecular weight excluding hydrogens is 256 g/mol. The Morgan fingerprint density at radius 2 is 1.79 bits per heavy atom. The lowest BCUT2D eigenvalue weighted by atomic mass is 9.97. The molecule has 0 aliphatic heterocycles. The van der Waals surface area contributed by atoms with Gasteiger partial charge in [-0.15, -0.1) is 0 Å². The molecule has 0 amide bonds. The van der Waals surface area contributed by atoms with Crippen molar-refractivity contribution in [3.63, 3.8) is 0 Å². The summed E-state index contributed by atoms with van der Waals surface area (Å²) in [6.45, 7) is 4.13. The number of hydrogen-bond donors (Lipinski definition) is 1. The fraction of sp³-hybridized carbons (Fsp3) is 0.294. The van der Waals surface area contributed by atoms with Crippen molar-refractivity contribution in [2.75, 3.05) is 0 Å². The molecular formula is C17H19ClO. The highest BCUT2D eigenvalue weighted by Crippen LogP contribution is 2.27. The van der Waals surface area contributed by atoms with Crippen molar-refractivity contribution in [2.24, 2.45) is 0 Å². The van der Waals surface area contributed by atoms with E-state index >= 15 is 0 Å². The normalized spacial score (nSPS) is 12.4. The van der Waals surface area contributed by atoms with Crippen LogP contribution >= 0.6 is 11.6 Å². The first-order valence-electron chi connectivity index (χ1n) is 6.66. The van der Waals surface area contributed by atoms with Crippen molar-refractivity contribution in [1.29, 1.82) is 0 Å². The van der Waals surface area contributed by atoms with E-state index in [1.807, 2.05) is 30.3 Å². The third kappa shape index (κ3) is 3.37. The van der Waals surface area contributed by atoms with Gasteiger partial charge in [0.1, 0.15) is 0 Å². The first-order chi connectivity index (χ1) is 9.11. The quantitative estimate of drug-likeness (QED) is 0.817. The molecule has 19 heavy (non-hydrogen) atoms. The molecule has 0 heterocycles. The maximum Gasteiger partial charge on any atom is 0.0790 e. The van der Waals surface area contributed by atoms with E-state index in [1.54, 1.807) is 0 Å². The Morgan fingerprint density at radius 3 is 2.37 bits per heavy atom. The lowest BCUT2D eigenvalue weighted by Crippen LogP contribution is -1.96. The van der Waals surface area contributed by atoms with Crippen LogP contribution in [0.4, 0.5) is 0 Å². The standard InChI is InChI=1S/C17H19ClO/c1-3-4-17(19)14-7-5-13(6-8-14)16-10-9-15(18)11-12(16)2/h5-11,17,19H,3-4H2,1-2H3. The maximum absolute atomic E-state index is 9.96. The van der Waals surface area contributed by atoms with Gasteiger partial charge in [0, 0.05) is 5.02 Å². The highest BCUT2D eigenvalue weighted by atomic mass is 35.5. The Labute approximate surface area is 119 Å². The Balaban J connectivity index is 2.27. The van der Waals surface area contributed by atoms with Crippen LogP contribution in [0.5, 0.6) is 0 Å². The summed E-state index contributed by atoms with van der Waals surface area (Å²) < 4.78 is 0. The SMILES string of the molecule is CCCC(O)c1ccc(-c2ccc(Cl)cc2C)cc1. The van der Waals surface area contributed by atoms with Crippen molar-refractivity contribution in [1.82, 2.24) is 0 Å². The van der Waals surface area contributed by atoms with Gasteiger partial charge in [0.25, 0.3) is 0 Å². The van der Waals surface area contributed by atoms with E-state index in [-0.39, 0.29) is 6.10 Å². The predicted molar refractivity (Wildman–Crippen MR) is 81.5 cm³/mol. The summed E-state index contributed by atoms with van der Waals surface area (Å²) >= 11 is 5.97. The molecule has 0 aliphatic rings. The van der Waals surface area contributed by atoms with Gasteiger partial charge in [-0.05, 0) is 47.7 Å². The van der Waals surface area contributed by atoms with Gasteiger partial charge in [0.05, 0.1) is 6.10 Å². The van der Waals surface area contributed by atoms with Crippen molar-refractivity contribution >= 4 is 11.6 Å². The van der Waals surface area contributed by atoms with Gasteiger partial charge in [-0.2, -0.15) is 0 Å². The number of halogens is 1. The molecule has 2 rings (SSSR count). The predicted octanol–water partition coefficient (Wildman–Crippen LogP) is 5.15. The molecule has 0 aliphatic carbocycles. The largest absolute Gasteiger partial charge is 0.388 e. The molecule has 0 bridgehead atoms. The monoisotopic (exact) mass is 274 g/mol. The summed E-state index contributed by atoms with van der Waals surface area (Å²) in [5, 5.41) is 10.7. The fourth-order valence-corrected chi connectivity index (χ4v) is 2.50. The Bertz CT molecular complexity index is 546. The Kier molecular flexibility index (Phi) is 4.62. The zero-order valence-corrected chi connectivity index (χ0v) is 12.1. The van der Waals surface area contributed by atoms with Gasteiger partial charge < -0.3 is 5.11 Å². The summed E-state index contributed by atoms with van der Waals surface area (Å²) in [7, 11) is 0. The minimum atomic E-state index is -0.356. The first kappa shape index (κ1) is 14.1. The third-order valence-corrected chi connectivity index (χ3v) is 3.59. The molecule has 2 aromatic carbocycles. The van der Waals surface area contributed by atoms with Crippen LogP contribution in [-0.2, 0) is 0 Å². The lowest BCUT2D eigenvalue weighted by Gasteiger charge is -2.11. The first-order valence-corrected chi connectivity index (χ1v) is 7.04. The molecule has 1 nitrogen and oxygen atoms in total. The molecule has 100 valence electrons. The number of aliphatic hydroxyl groups excluding tert-OH is 1. The molecule has 2 aromatic rings. The summed E-state index contributed by atoms with van der Waals surface area (Å²) in [6.07, 6.45) is 1.43. The van der Waals surface area contributed by atoms with E-state index in [4.69, 9.17) is 11.6 Å². The van der Waals surface area contributed by atoms with Gasteiger partial charge in [0.2, 0.25) is 0 Å². The van der Waals surface area contributed by atoms with E-state index in [2.05, 4.69) is 26.0 Å². The highest BCUT2D eigenvalue weighted by Gasteiger charge is 2.07. The smallest absolute Gasteiger partial charge is 0.0790 e. The lowest BCUT2D eigenvalue weighted by molar-refractivity contribution is 0.166. The third-order valence-electron chi connectivity index (χ3n) is 3.36. The minimum Gasteiger partial charge on any atom is -0.388 e. The molecule has 0 radical (unpaired) electrons. The molecule has 1 atom stereocenters. The number of hydrogen-bond acceptors (Lipinski definition) is 1. The van der Waals surface area contributed by atoms with E-state index in [1.165, 1.54) is 5.56 Å². The highest BCUT2D eigenvalue weighted by molar-refractivity contribution is 6.30. The second kappa shape index (κ2) is 6.23. The molecule has 0 saturated carbocycles. The number of benzene rings is 2. The van der Waals surface area contributed by atoms with Crippen molar-refractivity contribution < 1.29 is 5.11 Å². The van der Waals surface area contributed by atoms with Gasteiger partial charge in [-0.3, -0.25) is 0 Å². The Hall–Kier alpha value is -1.31. The van der Waals surface area contributed by atoms with Crippen LogP contribution in [0.15, 0.2) is 42.5 Å². The van der Waals surface area contributed by atoms with Gasteiger partial charge in [-0.1, -0.05) is 55.3 Å². The number of aryl methyl sites for hydroxylation is 1. The Morgan fingerprint density at radius 1 is 1.11 bits per heavy atom. The van der Waals surface area contributed by atoms with Crippen LogP contribution in [0.1, 0.15) is 37.0 Å². The summed E-state index contributed by atoms with van der Waals surface area (Å²) in [6, 6.07) is 14.0. The average Bonchev–Trinajstić information content (AvgIpc) is 2.39. The minimum absolute atomic E-state index is 0.356. The molecule has 1 N–H and O–H groups in total. The van der Waals surface area contributed by atoms with Crippen LogP contribution < -0.4 is 0 Å². The average molecular weight is 275 g/mol. The van der Waals surface area contributed by atoms with E-state index in [9.17, 15) is 5.11 Å². The van der Waals surface area contributed by atoms with Gasteiger partial charge in [-0.25, -0.2) is 0 Å². The van der Waals surface area contributed by atoms with Crippen molar-refractivity contribution in [3.05, 3.63) is 58.6 Å². The molecule has 0 aromatic heterocycles. The summed E-state index contributed by atoms with van der Waals surface area (Å²) in [5.41, 5.74) is 4.48. The van der Waals surface area contributed by atoms with Crippen LogP contribution in [-0.4, -0.2) is 5.11 Å². The second-order valence-electron chi connectivity index (χ2n) is 4.89. The maximum atomic E-state index is 9.96. The zero-order valence-electron chi connectivity index (χ0n) is 11.4. The molecule has 1 unspecified atom stereocenters. The molecule has 0 fully saturated rings. The molecule has 2 heteroatoms. The zero-order chi connectivity index (χ0) is 13.8. The van der Waals surface area contributed by atoms with Crippen LogP contribution in [0.25, 0.3) is 11.1 Å². The van der Waals surface area contributed by atoms with Gasteiger partial charge >= 0.3 is 0 Å². The fourth-order valence-electron chi connectivity index (χ4n) is 2.28. The summed E-state index contributed by atoms with van der Waals surface area (Å²) in [4.78, 5) is 0. The molecule has 0 saturated heterocycles.